The van der Waals surface area contributed by atoms with Gasteiger partial charge in [0.05, 0.1) is 26.1 Å². The van der Waals surface area contributed by atoms with Crippen LogP contribution in [0.5, 0.6) is 5.75 Å². The maximum Gasteiger partial charge on any atom is 0.307 e. The van der Waals surface area contributed by atoms with Gasteiger partial charge in [-0.15, -0.1) is 0 Å². The third kappa shape index (κ3) is 4.47. The molecule has 2 aromatic carbocycles. The first-order valence-electron chi connectivity index (χ1n) is 8.06. The Balaban J connectivity index is 2.00. The first kappa shape index (κ1) is 17.8. The Morgan fingerprint density at radius 3 is 2.54 bits per heavy atom. The van der Waals surface area contributed by atoms with E-state index < -0.39 is 0 Å². The van der Waals surface area contributed by atoms with E-state index in [0.29, 0.717) is 6.61 Å². The lowest BCUT2D eigenvalue weighted by Crippen LogP contribution is -2.30. The van der Waals surface area contributed by atoms with Gasteiger partial charge in [0.25, 0.3) is 0 Å². The number of ether oxygens (including phenoxy) is 2. The van der Waals surface area contributed by atoms with Gasteiger partial charge >= 0.3 is 5.97 Å². The van der Waals surface area contributed by atoms with Crippen molar-refractivity contribution in [1.29, 1.82) is 0 Å². The molecule has 0 spiro atoms. The molecule has 5 heteroatoms. The molecular formula is C19H23NO4. The molecule has 0 fully saturated rings. The van der Waals surface area contributed by atoms with E-state index in [1.165, 1.54) is 0 Å². The molecule has 1 amide bonds. The Labute approximate surface area is 141 Å². The summed E-state index contributed by atoms with van der Waals surface area (Å²) in [7, 11) is 1.64. The van der Waals surface area contributed by atoms with Crippen LogP contribution in [0.2, 0.25) is 0 Å². The van der Waals surface area contributed by atoms with Crippen LogP contribution in [-0.4, -0.2) is 32.1 Å². The van der Waals surface area contributed by atoms with Gasteiger partial charge in [-0.05, 0) is 42.3 Å². The van der Waals surface area contributed by atoms with Crippen LogP contribution < -0.4 is 10.1 Å². The Kier molecular flexibility index (Phi) is 6.18. The van der Waals surface area contributed by atoms with Crippen molar-refractivity contribution in [3.63, 3.8) is 0 Å². The number of methoxy groups -OCH3 is 1. The molecule has 2 rings (SSSR count). The molecule has 0 aromatic heterocycles. The van der Waals surface area contributed by atoms with Gasteiger partial charge in [-0.3, -0.25) is 9.59 Å². The van der Waals surface area contributed by atoms with Crippen LogP contribution in [-0.2, 0) is 14.3 Å². The lowest BCUT2D eigenvalue weighted by molar-refractivity contribution is -0.143. The zero-order chi connectivity index (χ0) is 17.5. The van der Waals surface area contributed by atoms with E-state index >= 15 is 0 Å². The van der Waals surface area contributed by atoms with Crippen LogP contribution >= 0.6 is 0 Å². The second-order valence-electron chi connectivity index (χ2n) is 5.54. The van der Waals surface area contributed by atoms with Crippen molar-refractivity contribution in [3.05, 3.63) is 42.0 Å². The van der Waals surface area contributed by atoms with Crippen LogP contribution in [0.1, 0.15) is 31.7 Å². The molecule has 2 aromatic rings. The molecular weight excluding hydrogens is 306 g/mol. The lowest BCUT2D eigenvalue weighted by atomic mass is 9.97. The minimum absolute atomic E-state index is 0.104. The number of esters is 1. The summed E-state index contributed by atoms with van der Waals surface area (Å²) in [5.41, 5.74) is 0.932. The Hall–Kier alpha value is -2.56. The summed E-state index contributed by atoms with van der Waals surface area (Å²) in [6, 6.07) is 11.8. The van der Waals surface area contributed by atoms with Crippen molar-refractivity contribution in [1.82, 2.24) is 5.32 Å². The Morgan fingerprint density at radius 1 is 1.12 bits per heavy atom. The fourth-order valence-electron chi connectivity index (χ4n) is 2.46. The number of hydrogen-bond donors (Lipinski definition) is 1. The Bertz CT molecular complexity index is 726. The molecule has 1 unspecified atom stereocenters. The minimum Gasteiger partial charge on any atom is -0.497 e. The molecule has 0 aliphatic heterocycles. The third-order valence-electron chi connectivity index (χ3n) is 3.90. The number of carbonyl (C=O) groups is 2. The molecule has 1 atom stereocenters. The second-order valence-corrected chi connectivity index (χ2v) is 5.54. The summed E-state index contributed by atoms with van der Waals surface area (Å²) in [5.74, 6) is 0.107. The van der Waals surface area contributed by atoms with Crippen molar-refractivity contribution in [3.8, 4) is 5.75 Å². The Morgan fingerprint density at radius 2 is 1.83 bits per heavy atom. The minimum atomic E-state index is -0.301. The van der Waals surface area contributed by atoms with Crippen molar-refractivity contribution < 1.29 is 19.1 Å². The number of nitrogens with one attached hydrogen (secondary N) is 1. The fourth-order valence-corrected chi connectivity index (χ4v) is 2.46. The number of hydrogen-bond acceptors (Lipinski definition) is 4. The molecule has 5 nitrogen and oxygen atoms in total. The van der Waals surface area contributed by atoms with E-state index in [9.17, 15) is 9.59 Å². The van der Waals surface area contributed by atoms with Crippen LogP contribution in [0.15, 0.2) is 36.4 Å². The predicted molar refractivity (Wildman–Crippen MR) is 93.2 cm³/mol. The van der Waals surface area contributed by atoms with Crippen LogP contribution in [0.25, 0.3) is 10.8 Å². The van der Waals surface area contributed by atoms with Crippen molar-refractivity contribution in [2.45, 2.75) is 26.2 Å². The zero-order valence-electron chi connectivity index (χ0n) is 14.3. The molecule has 0 aliphatic carbocycles. The number of carbonyl (C=O) groups excluding carboxylic acids is 2. The van der Waals surface area contributed by atoms with Crippen LogP contribution in [0, 0.1) is 0 Å². The maximum atomic E-state index is 12.2. The molecule has 1 N–H and O–H groups in total. The van der Waals surface area contributed by atoms with Gasteiger partial charge in [0.15, 0.2) is 0 Å². The first-order chi connectivity index (χ1) is 11.5. The quantitative estimate of drug-likeness (QED) is 0.793. The molecule has 0 radical (unpaired) electrons. The van der Waals surface area contributed by atoms with Gasteiger partial charge in [-0.2, -0.15) is 0 Å². The predicted octanol–water partition coefficient (Wildman–Crippen LogP) is 3.02. The highest BCUT2D eigenvalue weighted by Crippen LogP contribution is 2.25. The van der Waals surface area contributed by atoms with E-state index in [4.69, 9.17) is 9.47 Å². The van der Waals surface area contributed by atoms with E-state index in [-0.39, 0.29) is 30.8 Å². The van der Waals surface area contributed by atoms with Gasteiger partial charge in [0, 0.05) is 6.54 Å². The highest BCUT2D eigenvalue weighted by Gasteiger charge is 2.15. The highest BCUT2D eigenvalue weighted by atomic mass is 16.5. The fraction of sp³-hybridized carbons (Fsp3) is 0.368. The number of rotatable bonds is 7. The standard InChI is InChI=1S/C19H23NO4/c1-4-24-18(21)9-10-20-19(22)13(2)14-5-6-16-12-17(23-3)8-7-15(16)11-14/h5-8,11-13H,4,9-10H2,1-3H3,(H,20,22). The van der Waals surface area contributed by atoms with E-state index in [0.717, 1.165) is 22.1 Å². The van der Waals surface area contributed by atoms with E-state index in [2.05, 4.69) is 5.32 Å². The summed E-state index contributed by atoms with van der Waals surface area (Å²) in [4.78, 5) is 23.5. The van der Waals surface area contributed by atoms with Gasteiger partial charge in [-0.1, -0.05) is 24.3 Å². The van der Waals surface area contributed by atoms with E-state index in [1.54, 1.807) is 14.0 Å². The molecule has 0 aliphatic rings. The second kappa shape index (κ2) is 8.34. The molecule has 0 bridgehead atoms. The van der Waals surface area contributed by atoms with Gasteiger partial charge < -0.3 is 14.8 Å². The summed E-state index contributed by atoms with van der Waals surface area (Å²) >= 11 is 0. The van der Waals surface area contributed by atoms with Crippen molar-refractivity contribution in [2.24, 2.45) is 0 Å². The number of benzene rings is 2. The topological polar surface area (TPSA) is 64.6 Å². The SMILES string of the molecule is CCOC(=O)CCNC(=O)C(C)c1ccc2cc(OC)ccc2c1. The molecule has 24 heavy (non-hydrogen) atoms. The molecule has 0 saturated carbocycles. The van der Waals surface area contributed by atoms with Crippen LogP contribution in [0.4, 0.5) is 0 Å². The molecule has 0 heterocycles. The van der Waals surface area contributed by atoms with Crippen molar-refractivity contribution in [2.75, 3.05) is 20.3 Å². The molecule has 0 saturated heterocycles. The van der Waals surface area contributed by atoms with Gasteiger partial charge in [0.2, 0.25) is 5.91 Å². The third-order valence-corrected chi connectivity index (χ3v) is 3.90. The first-order valence-corrected chi connectivity index (χ1v) is 8.06. The largest absolute Gasteiger partial charge is 0.497 e. The number of fused-ring (bicyclic) bond motifs is 1. The smallest absolute Gasteiger partial charge is 0.307 e. The maximum absolute atomic E-state index is 12.2. The summed E-state index contributed by atoms with van der Waals surface area (Å²) in [6.07, 6.45) is 0.184. The highest BCUT2D eigenvalue weighted by molar-refractivity contribution is 5.88. The lowest BCUT2D eigenvalue weighted by Gasteiger charge is -2.13. The average molecular weight is 329 g/mol. The van der Waals surface area contributed by atoms with Crippen molar-refractivity contribution >= 4 is 22.6 Å². The number of amides is 1. The summed E-state index contributed by atoms with van der Waals surface area (Å²) in [6.45, 7) is 4.25. The van der Waals surface area contributed by atoms with E-state index in [1.807, 2.05) is 43.3 Å². The zero-order valence-corrected chi connectivity index (χ0v) is 14.3. The normalized spacial score (nSPS) is 11.8. The summed E-state index contributed by atoms with van der Waals surface area (Å²) in [5, 5.41) is 4.89. The van der Waals surface area contributed by atoms with Crippen LogP contribution in [0.3, 0.4) is 0 Å². The summed E-state index contributed by atoms with van der Waals surface area (Å²) < 4.78 is 10.1. The van der Waals surface area contributed by atoms with Gasteiger partial charge in [-0.25, -0.2) is 0 Å². The molecule has 128 valence electrons. The van der Waals surface area contributed by atoms with Gasteiger partial charge in [0.1, 0.15) is 5.75 Å². The average Bonchev–Trinajstić information content (AvgIpc) is 2.60. The monoisotopic (exact) mass is 329 g/mol.